The maximum Gasteiger partial charge on any atom is 0.274 e. The van der Waals surface area contributed by atoms with Crippen LogP contribution in [-0.2, 0) is 0 Å². The van der Waals surface area contributed by atoms with Gasteiger partial charge < -0.3 is 5.32 Å². The molecular formula is C15H13FN2O3. The van der Waals surface area contributed by atoms with E-state index in [2.05, 4.69) is 5.32 Å². The molecule has 6 heteroatoms. The van der Waals surface area contributed by atoms with Crippen molar-refractivity contribution in [2.45, 2.75) is 13.8 Å². The number of rotatable bonds is 3. The lowest BCUT2D eigenvalue weighted by molar-refractivity contribution is -0.385. The van der Waals surface area contributed by atoms with Crippen molar-refractivity contribution in [2.24, 2.45) is 0 Å². The van der Waals surface area contributed by atoms with Crippen LogP contribution in [0.25, 0.3) is 0 Å². The lowest BCUT2D eigenvalue weighted by Gasteiger charge is -2.08. The molecule has 0 unspecified atom stereocenters. The number of carbonyl (C=O) groups excluding carboxylic acids is 1. The maximum absolute atomic E-state index is 13.9. The quantitative estimate of drug-likeness (QED) is 0.692. The van der Waals surface area contributed by atoms with Crippen LogP contribution in [0, 0.1) is 29.8 Å². The van der Waals surface area contributed by atoms with Gasteiger partial charge in [0.1, 0.15) is 5.82 Å². The number of aryl methyl sites for hydroxylation is 2. The fourth-order valence-electron chi connectivity index (χ4n) is 1.91. The van der Waals surface area contributed by atoms with Gasteiger partial charge in [0, 0.05) is 17.3 Å². The predicted octanol–water partition coefficient (Wildman–Crippen LogP) is 3.60. The second-order valence-corrected chi connectivity index (χ2v) is 4.65. The van der Waals surface area contributed by atoms with Gasteiger partial charge in [0.25, 0.3) is 11.6 Å². The van der Waals surface area contributed by atoms with E-state index in [1.807, 2.05) is 0 Å². The summed E-state index contributed by atoms with van der Waals surface area (Å²) in [4.78, 5) is 22.4. The van der Waals surface area contributed by atoms with E-state index in [1.54, 1.807) is 26.0 Å². The molecule has 0 fully saturated rings. The van der Waals surface area contributed by atoms with Gasteiger partial charge in [0.05, 0.1) is 10.5 Å². The topological polar surface area (TPSA) is 72.2 Å². The third-order valence-corrected chi connectivity index (χ3v) is 3.10. The minimum atomic E-state index is -0.644. The molecule has 0 aliphatic rings. The Labute approximate surface area is 120 Å². The van der Waals surface area contributed by atoms with Crippen LogP contribution in [0.4, 0.5) is 15.8 Å². The number of amides is 1. The molecule has 0 bridgehead atoms. The van der Waals surface area contributed by atoms with E-state index in [1.165, 1.54) is 24.3 Å². The molecule has 1 amide bonds. The normalized spacial score (nSPS) is 10.2. The SMILES string of the molecule is Cc1ccc(NC(=O)c2cccc(C)c2F)cc1[N+](=O)[O-]. The molecule has 0 atom stereocenters. The molecule has 108 valence electrons. The van der Waals surface area contributed by atoms with Crippen molar-refractivity contribution in [2.75, 3.05) is 5.32 Å². The van der Waals surface area contributed by atoms with Crippen LogP contribution in [0.5, 0.6) is 0 Å². The highest BCUT2D eigenvalue weighted by Gasteiger charge is 2.16. The summed E-state index contributed by atoms with van der Waals surface area (Å²) in [6.07, 6.45) is 0. The smallest absolute Gasteiger partial charge is 0.274 e. The molecule has 0 heterocycles. The standard InChI is InChI=1S/C15H13FN2O3/c1-9-6-7-11(8-13(9)18(20)21)17-15(19)12-5-3-4-10(2)14(12)16/h3-8H,1-2H3,(H,17,19). The van der Waals surface area contributed by atoms with Crippen LogP contribution in [0.1, 0.15) is 21.5 Å². The first-order valence-electron chi connectivity index (χ1n) is 6.21. The molecule has 21 heavy (non-hydrogen) atoms. The van der Waals surface area contributed by atoms with Gasteiger partial charge in [-0.25, -0.2) is 4.39 Å². The van der Waals surface area contributed by atoms with Crippen molar-refractivity contribution in [3.05, 3.63) is 69.0 Å². The third-order valence-electron chi connectivity index (χ3n) is 3.10. The number of anilines is 1. The summed E-state index contributed by atoms with van der Waals surface area (Å²) in [6.45, 7) is 3.16. The molecule has 1 N–H and O–H groups in total. The molecular weight excluding hydrogens is 275 g/mol. The zero-order valence-electron chi connectivity index (χ0n) is 11.5. The number of nitro benzene ring substituents is 1. The van der Waals surface area contributed by atoms with Crippen molar-refractivity contribution < 1.29 is 14.1 Å². The molecule has 2 rings (SSSR count). The van der Waals surface area contributed by atoms with E-state index in [0.717, 1.165) is 0 Å². The number of nitrogens with zero attached hydrogens (tertiary/aromatic N) is 1. The highest BCUT2D eigenvalue weighted by atomic mass is 19.1. The Hall–Kier alpha value is -2.76. The van der Waals surface area contributed by atoms with Crippen molar-refractivity contribution in [3.8, 4) is 0 Å². The van der Waals surface area contributed by atoms with E-state index in [0.29, 0.717) is 11.1 Å². The molecule has 2 aromatic rings. The molecule has 0 radical (unpaired) electrons. The summed E-state index contributed by atoms with van der Waals surface area (Å²) < 4.78 is 13.9. The first-order chi connectivity index (χ1) is 9.90. The molecule has 5 nitrogen and oxygen atoms in total. The summed E-state index contributed by atoms with van der Waals surface area (Å²) in [7, 11) is 0. The molecule has 0 aromatic heterocycles. The van der Waals surface area contributed by atoms with Crippen LogP contribution < -0.4 is 5.32 Å². The lowest BCUT2D eigenvalue weighted by Crippen LogP contribution is -2.14. The molecule has 0 spiro atoms. The third kappa shape index (κ3) is 3.05. The largest absolute Gasteiger partial charge is 0.322 e. The number of nitro groups is 1. The zero-order chi connectivity index (χ0) is 15.6. The molecule has 2 aromatic carbocycles. The van der Waals surface area contributed by atoms with Gasteiger partial charge in [-0.1, -0.05) is 18.2 Å². The van der Waals surface area contributed by atoms with Crippen molar-refractivity contribution in [1.29, 1.82) is 0 Å². The molecule has 0 aliphatic carbocycles. The highest BCUT2D eigenvalue weighted by Crippen LogP contribution is 2.23. The van der Waals surface area contributed by atoms with Crippen LogP contribution in [-0.4, -0.2) is 10.8 Å². The zero-order valence-corrected chi connectivity index (χ0v) is 11.5. The van der Waals surface area contributed by atoms with Crippen LogP contribution in [0.3, 0.4) is 0 Å². The Morgan fingerprint density at radius 3 is 2.57 bits per heavy atom. The number of hydrogen-bond donors (Lipinski definition) is 1. The second-order valence-electron chi connectivity index (χ2n) is 4.65. The first-order valence-corrected chi connectivity index (χ1v) is 6.21. The number of carbonyl (C=O) groups is 1. The highest BCUT2D eigenvalue weighted by molar-refractivity contribution is 6.04. The van der Waals surface area contributed by atoms with E-state index < -0.39 is 16.6 Å². The van der Waals surface area contributed by atoms with E-state index in [4.69, 9.17) is 0 Å². The van der Waals surface area contributed by atoms with Gasteiger partial charge in [0.15, 0.2) is 0 Å². The summed E-state index contributed by atoms with van der Waals surface area (Å²) in [5.41, 5.74) is 0.895. The minimum absolute atomic E-state index is 0.0989. The number of hydrogen-bond acceptors (Lipinski definition) is 3. The minimum Gasteiger partial charge on any atom is -0.322 e. The summed E-state index contributed by atoms with van der Waals surface area (Å²) >= 11 is 0. The van der Waals surface area contributed by atoms with Crippen molar-refractivity contribution in [1.82, 2.24) is 0 Å². The van der Waals surface area contributed by atoms with Gasteiger partial charge in [-0.15, -0.1) is 0 Å². The van der Waals surface area contributed by atoms with E-state index in [-0.39, 0.29) is 16.9 Å². The maximum atomic E-state index is 13.9. The Morgan fingerprint density at radius 1 is 1.19 bits per heavy atom. The number of halogens is 1. The second kappa shape index (κ2) is 5.70. The fraction of sp³-hybridized carbons (Fsp3) is 0.133. The summed E-state index contributed by atoms with van der Waals surface area (Å²) in [5, 5.41) is 13.3. The Balaban J connectivity index is 2.30. The van der Waals surface area contributed by atoms with Crippen molar-refractivity contribution >= 4 is 17.3 Å². The summed E-state index contributed by atoms with van der Waals surface area (Å²) in [5.74, 6) is -1.24. The average Bonchev–Trinajstić information content (AvgIpc) is 2.43. The van der Waals surface area contributed by atoms with Crippen LogP contribution in [0.2, 0.25) is 0 Å². The predicted molar refractivity (Wildman–Crippen MR) is 76.9 cm³/mol. The van der Waals surface area contributed by atoms with Gasteiger partial charge in [-0.05, 0) is 31.5 Å². The van der Waals surface area contributed by atoms with Gasteiger partial charge in [0.2, 0.25) is 0 Å². The Bertz CT molecular complexity index is 729. The van der Waals surface area contributed by atoms with E-state index in [9.17, 15) is 19.3 Å². The average molecular weight is 288 g/mol. The van der Waals surface area contributed by atoms with Crippen molar-refractivity contribution in [3.63, 3.8) is 0 Å². The Morgan fingerprint density at radius 2 is 1.90 bits per heavy atom. The molecule has 0 saturated heterocycles. The van der Waals surface area contributed by atoms with Gasteiger partial charge in [-0.2, -0.15) is 0 Å². The summed E-state index contributed by atoms with van der Waals surface area (Å²) in [6, 6.07) is 8.81. The molecule has 0 aliphatic heterocycles. The lowest BCUT2D eigenvalue weighted by atomic mass is 10.1. The number of nitrogens with one attached hydrogen (secondary N) is 1. The Kier molecular flexibility index (Phi) is 3.98. The van der Waals surface area contributed by atoms with Crippen LogP contribution >= 0.6 is 0 Å². The van der Waals surface area contributed by atoms with Gasteiger partial charge >= 0.3 is 0 Å². The number of benzene rings is 2. The first kappa shape index (κ1) is 14.6. The van der Waals surface area contributed by atoms with E-state index >= 15 is 0 Å². The van der Waals surface area contributed by atoms with Crippen LogP contribution in [0.15, 0.2) is 36.4 Å². The monoisotopic (exact) mass is 288 g/mol. The van der Waals surface area contributed by atoms with Gasteiger partial charge in [-0.3, -0.25) is 14.9 Å². The fourth-order valence-corrected chi connectivity index (χ4v) is 1.91. The molecule has 0 saturated carbocycles.